The minimum atomic E-state index is 0. The Kier molecular flexibility index (Phi) is 9.55. The maximum absolute atomic E-state index is 4.85. The van der Waals surface area contributed by atoms with E-state index in [1.807, 2.05) is 66.7 Å². The summed E-state index contributed by atoms with van der Waals surface area (Å²) in [5.41, 5.74) is 8.66. The van der Waals surface area contributed by atoms with E-state index in [-0.39, 0.29) is 19.5 Å². The van der Waals surface area contributed by atoms with Crippen LogP contribution in [-0.2, 0) is 19.5 Å². The van der Waals surface area contributed by atoms with Gasteiger partial charge in [-0.15, -0.1) is 0 Å². The Balaban J connectivity index is 0.000000119. The van der Waals surface area contributed by atoms with Gasteiger partial charge in [-0.2, -0.15) is 0 Å². The standard InChI is InChI=1S/C19H11BrN4.2C12H8N2.Ru/c20-12-7-5-11(6-8-12)19-23-17-13-3-1-9-21-15(13)16-14(18(17)24-19)4-2-10-22-16;2*1-3-9-5-6-10-4-2-8-14-12(10)11(9)13-7-1;/h1-10H,(H,23,24);2*1-8H;/q;;;+3. The Bertz CT molecular complexity index is 2770. The third-order valence-electron chi connectivity index (χ3n) is 8.87. The number of rotatable bonds is 1. The molecule has 0 amide bonds. The van der Waals surface area contributed by atoms with E-state index in [4.69, 9.17) is 4.98 Å². The van der Waals surface area contributed by atoms with Crippen LogP contribution in [-0.4, -0.2) is 39.9 Å². The number of hydrogen-bond acceptors (Lipinski definition) is 7. The van der Waals surface area contributed by atoms with Gasteiger partial charge in [0.15, 0.2) is 0 Å². The number of H-pyrrole nitrogens is 1. The summed E-state index contributed by atoms with van der Waals surface area (Å²) in [4.78, 5) is 34.8. The van der Waals surface area contributed by atoms with Crippen molar-refractivity contribution in [3.8, 4) is 11.4 Å². The molecule has 0 spiro atoms. The zero-order chi connectivity index (χ0) is 34.9. The smallest absolute Gasteiger partial charge is 0.337 e. The van der Waals surface area contributed by atoms with Gasteiger partial charge < -0.3 is 4.98 Å². The van der Waals surface area contributed by atoms with Gasteiger partial charge in [0.2, 0.25) is 0 Å². The third kappa shape index (κ3) is 6.59. The fraction of sp³-hybridized carbons (Fsp3) is 0. The molecular weight excluding hydrogens is 810 g/mol. The van der Waals surface area contributed by atoms with Crippen LogP contribution in [0.3, 0.4) is 0 Å². The number of nitrogens with one attached hydrogen (secondary N) is 1. The molecule has 1 N–H and O–H groups in total. The number of aromatic amines is 1. The summed E-state index contributed by atoms with van der Waals surface area (Å²) < 4.78 is 1.05. The third-order valence-corrected chi connectivity index (χ3v) is 9.40. The fourth-order valence-corrected chi connectivity index (χ4v) is 6.71. The summed E-state index contributed by atoms with van der Waals surface area (Å²) in [6.45, 7) is 0. The number of aromatic nitrogens is 8. The molecule has 8 nitrogen and oxygen atoms in total. The molecule has 0 saturated carbocycles. The number of halogens is 1. The van der Waals surface area contributed by atoms with Crippen molar-refractivity contribution in [2.24, 2.45) is 0 Å². The molecule has 0 aliphatic carbocycles. The van der Waals surface area contributed by atoms with Crippen LogP contribution in [0, 0.1) is 0 Å². The molecule has 11 rings (SSSR count). The van der Waals surface area contributed by atoms with E-state index in [2.05, 4.69) is 105 Å². The normalized spacial score (nSPS) is 11.0. The summed E-state index contributed by atoms with van der Waals surface area (Å²) >= 11 is 3.47. The Morgan fingerprint density at radius 3 is 1.21 bits per heavy atom. The Morgan fingerprint density at radius 2 is 0.755 bits per heavy atom. The van der Waals surface area contributed by atoms with Crippen LogP contribution in [0.2, 0.25) is 0 Å². The summed E-state index contributed by atoms with van der Waals surface area (Å²) in [5, 5.41) is 6.60. The van der Waals surface area contributed by atoms with E-state index in [0.717, 1.165) is 92.3 Å². The van der Waals surface area contributed by atoms with Gasteiger partial charge in [0.05, 0.1) is 44.1 Å². The van der Waals surface area contributed by atoms with Crippen molar-refractivity contribution in [1.82, 2.24) is 39.9 Å². The zero-order valence-electron chi connectivity index (χ0n) is 27.9. The molecule has 7 heterocycles. The molecular formula is C43H27BrN8Ru+3. The Morgan fingerprint density at radius 1 is 0.377 bits per heavy atom. The quantitative estimate of drug-likeness (QED) is 0.130. The molecule has 0 aliphatic heterocycles. The number of pyridine rings is 6. The van der Waals surface area contributed by atoms with Crippen LogP contribution >= 0.6 is 15.9 Å². The van der Waals surface area contributed by atoms with E-state index in [1.165, 1.54) is 0 Å². The van der Waals surface area contributed by atoms with Gasteiger partial charge >= 0.3 is 19.5 Å². The van der Waals surface area contributed by atoms with E-state index >= 15 is 0 Å². The average molecular weight is 837 g/mol. The van der Waals surface area contributed by atoms with Gasteiger partial charge in [-0.05, 0) is 60.7 Å². The van der Waals surface area contributed by atoms with Crippen LogP contribution in [0.25, 0.3) is 87.8 Å². The van der Waals surface area contributed by atoms with Crippen molar-refractivity contribution >= 4 is 92.4 Å². The minimum absolute atomic E-state index is 0. The molecule has 10 heteroatoms. The molecule has 0 atom stereocenters. The first-order valence-electron chi connectivity index (χ1n) is 16.7. The Labute approximate surface area is 324 Å². The van der Waals surface area contributed by atoms with E-state index < -0.39 is 0 Å². The van der Waals surface area contributed by atoms with Gasteiger partial charge in [-0.3, -0.25) is 29.9 Å². The van der Waals surface area contributed by atoms with Crippen molar-refractivity contribution in [2.45, 2.75) is 0 Å². The van der Waals surface area contributed by atoms with Crippen LogP contribution in [0.1, 0.15) is 0 Å². The van der Waals surface area contributed by atoms with Crippen molar-refractivity contribution in [3.63, 3.8) is 0 Å². The summed E-state index contributed by atoms with van der Waals surface area (Å²) in [7, 11) is 0. The van der Waals surface area contributed by atoms with Crippen LogP contribution in [0.5, 0.6) is 0 Å². The second-order valence-corrected chi connectivity index (χ2v) is 13.0. The average Bonchev–Trinajstić information content (AvgIpc) is 3.68. The predicted molar refractivity (Wildman–Crippen MR) is 214 cm³/mol. The maximum atomic E-state index is 4.85. The zero-order valence-corrected chi connectivity index (χ0v) is 31.2. The molecule has 251 valence electrons. The van der Waals surface area contributed by atoms with E-state index in [0.29, 0.717) is 0 Å². The molecule has 7 aromatic heterocycles. The second-order valence-electron chi connectivity index (χ2n) is 12.0. The summed E-state index contributed by atoms with van der Waals surface area (Å²) in [6, 6.07) is 40.4. The monoisotopic (exact) mass is 836 g/mol. The summed E-state index contributed by atoms with van der Waals surface area (Å²) in [6.07, 6.45) is 10.8. The van der Waals surface area contributed by atoms with Crippen molar-refractivity contribution in [1.29, 1.82) is 0 Å². The Hall–Kier alpha value is -6.09. The molecule has 4 aromatic carbocycles. The number of nitrogens with zero attached hydrogens (tertiary/aromatic N) is 7. The largest absolute Gasteiger partial charge is 3.00 e. The summed E-state index contributed by atoms with van der Waals surface area (Å²) in [5.74, 6) is 0.846. The van der Waals surface area contributed by atoms with Gasteiger partial charge in [0, 0.05) is 79.5 Å². The number of fused-ring (bicyclic) bond motifs is 12. The van der Waals surface area contributed by atoms with E-state index in [1.54, 1.807) is 37.2 Å². The predicted octanol–water partition coefficient (Wildman–Crippen LogP) is 10.7. The van der Waals surface area contributed by atoms with Crippen molar-refractivity contribution in [2.75, 3.05) is 0 Å². The number of benzene rings is 4. The van der Waals surface area contributed by atoms with Gasteiger partial charge in [-0.1, -0.05) is 76.6 Å². The topological polar surface area (TPSA) is 106 Å². The molecule has 0 unspecified atom stereocenters. The first kappa shape index (κ1) is 34.0. The van der Waals surface area contributed by atoms with Crippen LogP contribution < -0.4 is 0 Å². The first-order valence-corrected chi connectivity index (χ1v) is 17.4. The number of imidazole rings is 1. The molecule has 0 aliphatic rings. The van der Waals surface area contributed by atoms with Crippen molar-refractivity contribution < 1.29 is 19.5 Å². The van der Waals surface area contributed by atoms with Gasteiger partial charge in [0.25, 0.3) is 0 Å². The SMILES string of the molecule is Brc1ccc(-c2nc3c4cccnc4c4ncccc4c3[nH]2)cc1.[Ru+3].c1cnc2c(c1)ccc1cccnc12.c1cnc2c(c1)ccc1cccnc12. The van der Waals surface area contributed by atoms with Gasteiger partial charge in [0.1, 0.15) is 5.82 Å². The van der Waals surface area contributed by atoms with Crippen LogP contribution in [0.15, 0.2) is 163 Å². The molecule has 1 radical (unpaired) electrons. The molecule has 11 aromatic rings. The van der Waals surface area contributed by atoms with Crippen LogP contribution in [0.4, 0.5) is 0 Å². The van der Waals surface area contributed by atoms with E-state index in [9.17, 15) is 0 Å². The van der Waals surface area contributed by atoms with Gasteiger partial charge in [-0.25, -0.2) is 4.98 Å². The molecule has 0 saturated heterocycles. The van der Waals surface area contributed by atoms with Crippen molar-refractivity contribution in [3.05, 3.63) is 163 Å². The fourth-order valence-electron chi connectivity index (χ4n) is 6.45. The number of hydrogen-bond donors (Lipinski definition) is 1. The minimum Gasteiger partial charge on any atom is -0.337 e. The maximum Gasteiger partial charge on any atom is 3.00 e. The molecule has 53 heavy (non-hydrogen) atoms. The second kappa shape index (κ2) is 14.9. The molecule has 0 fully saturated rings. The first-order chi connectivity index (χ1) is 25.7. The molecule has 0 bridgehead atoms.